The highest BCUT2D eigenvalue weighted by Crippen LogP contribution is 2.17. The summed E-state index contributed by atoms with van der Waals surface area (Å²) in [5, 5.41) is 2.02. The predicted octanol–water partition coefficient (Wildman–Crippen LogP) is 1.95. The first-order valence-electron chi connectivity index (χ1n) is 6.60. The Hall–Kier alpha value is -0.910. The van der Waals surface area contributed by atoms with Gasteiger partial charge in [0.05, 0.1) is 19.1 Å². The van der Waals surface area contributed by atoms with Crippen molar-refractivity contribution in [3.63, 3.8) is 0 Å². The minimum atomic E-state index is -0.114. The molecule has 4 nitrogen and oxygen atoms in total. The van der Waals surface area contributed by atoms with Gasteiger partial charge in [0, 0.05) is 25.1 Å². The van der Waals surface area contributed by atoms with E-state index in [2.05, 4.69) is 0 Å². The molecule has 1 aromatic rings. The monoisotopic (exact) mass is 284 g/mol. The van der Waals surface area contributed by atoms with Crippen LogP contribution in [-0.2, 0) is 16.1 Å². The topological polar surface area (TPSA) is 55.6 Å². The van der Waals surface area contributed by atoms with Crippen LogP contribution in [0.4, 0.5) is 0 Å². The third kappa shape index (κ3) is 4.93. The van der Waals surface area contributed by atoms with Crippen LogP contribution in [0.2, 0.25) is 0 Å². The second-order valence-corrected chi connectivity index (χ2v) is 5.95. The molecular formula is C14H24N2O2S. The molecule has 1 heterocycles. The van der Waals surface area contributed by atoms with Gasteiger partial charge in [-0.3, -0.25) is 4.79 Å². The number of methoxy groups -OCH3 is 1. The van der Waals surface area contributed by atoms with Crippen LogP contribution in [0.3, 0.4) is 0 Å². The second-order valence-electron chi connectivity index (χ2n) is 4.92. The predicted molar refractivity (Wildman–Crippen MR) is 79.0 cm³/mol. The second kappa shape index (κ2) is 8.30. The van der Waals surface area contributed by atoms with E-state index in [4.69, 9.17) is 10.5 Å². The van der Waals surface area contributed by atoms with Crippen LogP contribution in [0.15, 0.2) is 17.5 Å². The van der Waals surface area contributed by atoms with Crippen molar-refractivity contribution >= 4 is 17.2 Å². The van der Waals surface area contributed by atoms with E-state index in [-0.39, 0.29) is 17.7 Å². The number of hydrogen-bond donors (Lipinski definition) is 1. The lowest BCUT2D eigenvalue weighted by Crippen LogP contribution is -2.42. The molecule has 1 atom stereocenters. The first kappa shape index (κ1) is 16.1. The molecule has 0 fully saturated rings. The van der Waals surface area contributed by atoms with E-state index < -0.39 is 0 Å². The summed E-state index contributed by atoms with van der Waals surface area (Å²) >= 11 is 1.66. The van der Waals surface area contributed by atoms with Crippen molar-refractivity contribution in [2.75, 3.05) is 26.8 Å². The third-order valence-corrected chi connectivity index (χ3v) is 4.04. The molecule has 0 saturated heterocycles. The highest BCUT2D eigenvalue weighted by molar-refractivity contribution is 7.09. The zero-order chi connectivity index (χ0) is 14.3. The third-order valence-electron chi connectivity index (χ3n) is 3.18. The van der Waals surface area contributed by atoms with Crippen molar-refractivity contribution in [1.82, 2.24) is 4.90 Å². The highest BCUT2D eigenvalue weighted by Gasteiger charge is 2.25. The molecule has 0 spiro atoms. The van der Waals surface area contributed by atoms with Crippen LogP contribution >= 0.6 is 11.3 Å². The Bertz CT molecular complexity index is 366. The Kier molecular flexibility index (Phi) is 7.05. The number of amides is 1. The molecule has 5 heteroatoms. The fraction of sp³-hybridized carbons (Fsp3) is 0.643. The normalized spacial score (nSPS) is 12.7. The van der Waals surface area contributed by atoms with Gasteiger partial charge in [-0.25, -0.2) is 0 Å². The molecule has 0 aliphatic carbocycles. The molecule has 0 aromatic carbocycles. The molecule has 19 heavy (non-hydrogen) atoms. The quantitative estimate of drug-likeness (QED) is 0.794. The molecule has 0 aliphatic rings. The zero-order valence-electron chi connectivity index (χ0n) is 12.0. The molecule has 0 saturated carbocycles. The van der Waals surface area contributed by atoms with Crippen molar-refractivity contribution in [3.8, 4) is 0 Å². The van der Waals surface area contributed by atoms with E-state index >= 15 is 0 Å². The Balaban J connectivity index is 2.74. The molecule has 108 valence electrons. The summed E-state index contributed by atoms with van der Waals surface area (Å²) in [6, 6.07) is 4.05. The van der Waals surface area contributed by atoms with Crippen LogP contribution in [0.25, 0.3) is 0 Å². The smallest absolute Gasteiger partial charge is 0.227 e. The summed E-state index contributed by atoms with van der Waals surface area (Å²) in [5.41, 5.74) is 5.74. The lowest BCUT2D eigenvalue weighted by molar-refractivity contribution is -0.137. The fourth-order valence-electron chi connectivity index (χ4n) is 1.95. The standard InChI is InChI=1S/C14H24N2O2S/c1-11(2)13(9-15)14(17)16(6-7-18-3)10-12-5-4-8-19-12/h4-5,8,11,13H,6-7,9-10,15H2,1-3H3. The summed E-state index contributed by atoms with van der Waals surface area (Å²) in [5.74, 6) is 0.269. The molecule has 0 aliphatic heterocycles. The van der Waals surface area contributed by atoms with Crippen LogP contribution in [0, 0.1) is 11.8 Å². The summed E-state index contributed by atoms with van der Waals surface area (Å²) in [6.07, 6.45) is 0. The van der Waals surface area contributed by atoms with Crippen molar-refractivity contribution in [2.45, 2.75) is 20.4 Å². The van der Waals surface area contributed by atoms with Crippen molar-refractivity contribution in [1.29, 1.82) is 0 Å². The van der Waals surface area contributed by atoms with Crippen molar-refractivity contribution in [2.24, 2.45) is 17.6 Å². The average molecular weight is 284 g/mol. The van der Waals surface area contributed by atoms with Gasteiger partial charge in [0.2, 0.25) is 5.91 Å². The van der Waals surface area contributed by atoms with Gasteiger partial charge in [0.1, 0.15) is 0 Å². The van der Waals surface area contributed by atoms with Crippen LogP contribution in [0.5, 0.6) is 0 Å². The van der Waals surface area contributed by atoms with Gasteiger partial charge in [-0.1, -0.05) is 19.9 Å². The first-order chi connectivity index (χ1) is 9.10. The number of hydrogen-bond acceptors (Lipinski definition) is 4. The zero-order valence-corrected chi connectivity index (χ0v) is 12.8. The Morgan fingerprint density at radius 1 is 1.53 bits per heavy atom. The minimum Gasteiger partial charge on any atom is -0.383 e. The van der Waals surface area contributed by atoms with Crippen molar-refractivity contribution < 1.29 is 9.53 Å². The molecule has 1 aromatic heterocycles. The molecule has 1 rings (SSSR count). The maximum Gasteiger partial charge on any atom is 0.227 e. The lowest BCUT2D eigenvalue weighted by atomic mass is 9.94. The van der Waals surface area contributed by atoms with Crippen LogP contribution < -0.4 is 5.73 Å². The highest BCUT2D eigenvalue weighted by atomic mass is 32.1. The van der Waals surface area contributed by atoms with E-state index in [0.717, 1.165) is 0 Å². The maximum absolute atomic E-state index is 12.5. The molecule has 0 bridgehead atoms. The number of nitrogens with zero attached hydrogens (tertiary/aromatic N) is 1. The average Bonchev–Trinajstić information content (AvgIpc) is 2.87. The van der Waals surface area contributed by atoms with E-state index in [1.165, 1.54) is 4.88 Å². The van der Waals surface area contributed by atoms with Gasteiger partial charge in [0.15, 0.2) is 0 Å². The summed E-state index contributed by atoms with van der Waals surface area (Å²) in [7, 11) is 1.65. The molecule has 0 radical (unpaired) electrons. The van der Waals surface area contributed by atoms with Gasteiger partial charge in [-0.2, -0.15) is 0 Å². The minimum absolute atomic E-state index is 0.114. The molecule has 2 N–H and O–H groups in total. The molecule has 1 amide bonds. The fourth-order valence-corrected chi connectivity index (χ4v) is 2.67. The van der Waals surface area contributed by atoms with Gasteiger partial charge in [-0.15, -0.1) is 11.3 Å². The van der Waals surface area contributed by atoms with Gasteiger partial charge < -0.3 is 15.4 Å². The number of nitrogens with two attached hydrogens (primary N) is 1. The number of carbonyl (C=O) groups excluding carboxylic acids is 1. The number of thiophene rings is 1. The lowest BCUT2D eigenvalue weighted by Gasteiger charge is -2.28. The van der Waals surface area contributed by atoms with Crippen molar-refractivity contribution in [3.05, 3.63) is 22.4 Å². The Morgan fingerprint density at radius 3 is 2.74 bits per heavy atom. The van der Waals surface area contributed by atoms with E-state index in [9.17, 15) is 4.79 Å². The molecule has 1 unspecified atom stereocenters. The van der Waals surface area contributed by atoms with Crippen LogP contribution in [0.1, 0.15) is 18.7 Å². The summed E-state index contributed by atoms with van der Waals surface area (Å²) in [4.78, 5) is 15.6. The largest absolute Gasteiger partial charge is 0.383 e. The maximum atomic E-state index is 12.5. The molecular weight excluding hydrogens is 260 g/mol. The number of carbonyl (C=O) groups is 1. The Labute approximate surface area is 119 Å². The van der Waals surface area contributed by atoms with Gasteiger partial charge in [0.25, 0.3) is 0 Å². The first-order valence-corrected chi connectivity index (χ1v) is 7.48. The summed E-state index contributed by atoms with van der Waals surface area (Å²) in [6.45, 7) is 6.26. The van der Waals surface area contributed by atoms with Crippen LogP contribution in [-0.4, -0.2) is 37.6 Å². The SMILES string of the molecule is COCCN(Cc1cccs1)C(=O)C(CN)C(C)C. The van der Waals surface area contributed by atoms with E-state index in [1.807, 2.05) is 36.3 Å². The van der Waals surface area contributed by atoms with E-state index in [0.29, 0.717) is 26.2 Å². The summed E-state index contributed by atoms with van der Waals surface area (Å²) < 4.78 is 5.09. The Morgan fingerprint density at radius 2 is 2.26 bits per heavy atom. The van der Waals surface area contributed by atoms with E-state index in [1.54, 1.807) is 18.4 Å². The number of rotatable bonds is 8. The number of ether oxygens (including phenoxy) is 1. The van der Waals surface area contributed by atoms with Gasteiger partial charge >= 0.3 is 0 Å². The van der Waals surface area contributed by atoms with Gasteiger partial charge in [-0.05, 0) is 17.4 Å².